The number of aliphatic hydroxyl groups excluding tert-OH is 1. The number of carboxylic acid groups (broad SMARTS) is 2. The number of carbonyl (C=O) groups excluding carboxylic acids is 2. The van der Waals surface area contributed by atoms with Gasteiger partial charge in [0.2, 0.25) is 0 Å². The van der Waals surface area contributed by atoms with Crippen LogP contribution >= 0.6 is 0 Å². The number of carbonyl (C=O) groups is 4. The summed E-state index contributed by atoms with van der Waals surface area (Å²) >= 11 is 0. The minimum absolute atomic E-state index is 0.150. The van der Waals surface area contributed by atoms with Crippen LogP contribution < -0.4 is 5.32 Å². The molecule has 13 nitrogen and oxygen atoms in total. The molecule has 0 aromatic carbocycles. The van der Waals surface area contributed by atoms with Crippen molar-refractivity contribution in [2.24, 2.45) is 11.8 Å². The topological polar surface area (TPSA) is 181 Å². The van der Waals surface area contributed by atoms with Gasteiger partial charge in [0.25, 0.3) is 0 Å². The summed E-state index contributed by atoms with van der Waals surface area (Å²) in [6.07, 6.45) is 38.8. The first-order chi connectivity index (χ1) is 35.5. The van der Waals surface area contributed by atoms with E-state index in [-0.39, 0.29) is 37.8 Å². The molecule has 0 rings (SSSR count). The second kappa shape index (κ2) is 57.1. The van der Waals surface area contributed by atoms with E-state index in [4.69, 9.17) is 24.1 Å². The molecular weight excluding hydrogens is 925 g/mol. The van der Waals surface area contributed by atoms with Crippen LogP contribution in [0.25, 0.3) is 0 Å². The van der Waals surface area contributed by atoms with Gasteiger partial charge < -0.3 is 44.5 Å². The molecule has 4 atom stereocenters. The summed E-state index contributed by atoms with van der Waals surface area (Å²) in [4.78, 5) is 49.6. The monoisotopic (exact) mass is 1040 g/mol. The number of rotatable bonds is 54. The van der Waals surface area contributed by atoms with Crippen molar-refractivity contribution >= 4 is 24.2 Å². The van der Waals surface area contributed by atoms with E-state index in [1.54, 1.807) is 0 Å². The molecule has 0 bridgehead atoms. The van der Waals surface area contributed by atoms with E-state index in [1.807, 2.05) is 0 Å². The van der Waals surface area contributed by atoms with Gasteiger partial charge in [-0.25, -0.2) is 9.59 Å². The predicted octanol–water partition coefficient (Wildman–Crippen LogP) is 16.2. The lowest BCUT2D eigenvalue weighted by Gasteiger charge is -2.20. The highest BCUT2D eigenvalue weighted by molar-refractivity contribution is 5.69. The maximum absolute atomic E-state index is 12.5. The van der Waals surface area contributed by atoms with Crippen molar-refractivity contribution in [3.8, 4) is 0 Å². The fraction of sp³-hybridized carbons (Fsp3) is 0.933. The molecule has 13 heteroatoms. The minimum Gasteiger partial charge on any atom is -0.481 e. The van der Waals surface area contributed by atoms with Crippen molar-refractivity contribution in [3.63, 3.8) is 0 Å². The lowest BCUT2D eigenvalue weighted by atomic mass is 9.95. The van der Waals surface area contributed by atoms with Gasteiger partial charge in [-0.05, 0) is 109 Å². The first kappa shape index (κ1) is 72.4. The smallest absolute Gasteiger partial charge is 0.481 e. The van der Waals surface area contributed by atoms with E-state index < -0.39 is 24.2 Å². The number of nitrogens with zero attached hydrogens (tertiary/aromatic N) is 1. The number of carboxylic acids is 2. The molecule has 73 heavy (non-hydrogen) atoms. The SMILES string of the molecule is CCCCCCC(CCCCCCCCC(=O)O)OC(=O)OCCNCCOC(=O)OC(CCCCCC)CCCCCCCC(CCN(CC)CC)C(=O)O.CCCCCCCCC(CO)CCCCCC. The largest absolute Gasteiger partial charge is 0.508 e. The average Bonchev–Trinajstić information content (AvgIpc) is 3.37. The van der Waals surface area contributed by atoms with Gasteiger partial charge in [-0.3, -0.25) is 9.59 Å². The molecule has 434 valence electrons. The molecular formula is C60H118N2O11. The molecule has 0 amide bonds. The van der Waals surface area contributed by atoms with E-state index in [0.717, 1.165) is 167 Å². The van der Waals surface area contributed by atoms with Crippen LogP contribution in [0.5, 0.6) is 0 Å². The Morgan fingerprint density at radius 1 is 0.438 bits per heavy atom. The number of hydrogen-bond acceptors (Lipinski definition) is 11. The highest BCUT2D eigenvalue weighted by Crippen LogP contribution is 2.21. The number of aliphatic carboxylic acids is 2. The van der Waals surface area contributed by atoms with E-state index >= 15 is 0 Å². The molecule has 0 heterocycles. The summed E-state index contributed by atoms with van der Waals surface area (Å²) in [5.41, 5.74) is 0. The van der Waals surface area contributed by atoms with Crippen LogP contribution in [0.15, 0.2) is 0 Å². The minimum atomic E-state index is -0.738. The Labute approximate surface area is 448 Å². The van der Waals surface area contributed by atoms with E-state index in [2.05, 4.69) is 51.8 Å². The third-order valence-electron chi connectivity index (χ3n) is 14.3. The summed E-state index contributed by atoms with van der Waals surface area (Å²) < 4.78 is 22.0. The Morgan fingerprint density at radius 2 is 0.781 bits per heavy atom. The van der Waals surface area contributed by atoms with Crippen molar-refractivity contribution in [2.45, 2.75) is 298 Å². The number of nitrogens with one attached hydrogen (secondary N) is 1. The van der Waals surface area contributed by atoms with Gasteiger partial charge in [-0.1, -0.05) is 196 Å². The summed E-state index contributed by atoms with van der Waals surface area (Å²) in [5, 5.41) is 30.8. The fourth-order valence-electron chi connectivity index (χ4n) is 9.32. The molecule has 0 aliphatic heterocycles. The van der Waals surface area contributed by atoms with Crippen LogP contribution in [0, 0.1) is 11.8 Å². The van der Waals surface area contributed by atoms with Gasteiger partial charge in [0, 0.05) is 26.1 Å². The maximum atomic E-state index is 12.5. The van der Waals surface area contributed by atoms with Crippen LogP contribution in [-0.4, -0.2) is 109 Å². The molecule has 0 aliphatic carbocycles. The van der Waals surface area contributed by atoms with Crippen LogP contribution in [0.2, 0.25) is 0 Å². The molecule has 4 unspecified atom stereocenters. The highest BCUT2D eigenvalue weighted by atomic mass is 16.7. The van der Waals surface area contributed by atoms with Crippen LogP contribution in [0.4, 0.5) is 9.59 Å². The highest BCUT2D eigenvalue weighted by Gasteiger charge is 2.19. The Morgan fingerprint density at radius 3 is 1.14 bits per heavy atom. The van der Waals surface area contributed by atoms with Crippen molar-refractivity contribution in [1.82, 2.24) is 10.2 Å². The average molecular weight is 1040 g/mol. The van der Waals surface area contributed by atoms with E-state index in [1.165, 1.54) is 83.5 Å². The summed E-state index contributed by atoms with van der Waals surface area (Å²) in [5.74, 6) is -1.12. The molecule has 0 spiro atoms. The van der Waals surface area contributed by atoms with Crippen LogP contribution in [-0.2, 0) is 28.5 Å². The lowest BCUT2D eigenvalue weighted by Crippen LogP contribution is -2.28. The first-order valence-electron chi connectivity index (χ1n) is 30.7. The molecule has 0 aromatic rings. The number of aliphatic hydroxyl groups is 1. The maximum Gasteiger partial charge on any atom is 0.508 e. The quantitative estimate of drug-likeness (QED) is 0.0334. The standard InChI is InChI=1S/C44H84N2O10.C16H34O/c1-5-9-11-21-27-39(29-23-17-13-14-19-25-31-41(47)48)55-43(51)53-36-33-45-34-37-54-44(52)56-40(28-22-12-10-6-2)30-24-18-15-16-20-26-38(42(49)50)32-35-46(7-3)8-4;1-3-5-7-9-10-12-14-16(15-17)13-11-8-6-4-2/h38-40,45H,5-37H2,1-4H3,(H,47,48)(H,49,50);16-17H,3-15H2,1-2H3. The zero-order valence-corrected chi connectivity index (χ0v) is 48.4. The Bertz CT molecular complexity index is 1210. The summed E-state index contributed by atoms with van der Waals surface area (Å²) in [6.45, 7) is 17.3. The molecule has 0 fully saturated rings. The molecule has 0 radical (unpaired) electrons. The number of ether oxygens (including phenoxy) is 4. The zero-order valence-electron chi connectivity index (χ0n) is 48.4. The predicted molar refractivity (Wildman–Crippen MR) is 301 cm³/mol. The van der Waals surface area contributed by atoms with Crippen molar-refractivity contribution in [2.75, 3.05) is 52.5 Å². The fourth-order valence-corrected chi connectivity index (χ4v) is 9.32. The van der Waals surface area contributed by atoms with Gasteiger partial charge in [0.15, 0.2) is 0 Å². The Balaban J connectivity index is 0. The van der Waals surface area contributed by atoms with Crippen molar-refractivity contribution in [1.29, 1.82) is 0 Å². The van der Waals surface area contributed by atoms with Crippen LogP contribution in [0.3, 0.4) is 0 Å². The second-order valence-corrected chi connectivity index (χ2v) is 20.8. The third kappa shape index (κ3) is 52.6. The normalized spacial score (nSPS) is 12.9. The van der Waals surface area contributed by atoms with Gasteiger partial charge in [0.05, 0.1) is 5.92 Å². The van der Waals surface area contributed by atoms with Gasteiger partial charge in [-0.2, -0.15) is 0 Å². The van der Waals surface area contributed by atoms with Crippen molar-refractivity contribution < 1.29 is 53.4 Å². The number of unbranched alkanes of at least 4 members (excludes halogenated alkanes) is 23. The molecule has 0 aliphatic rings. The number of hydrogen-bond donors (Lipinski definition) is 4. The van der Waals surface area contributed by atoms with Gasteiger partial charge >= 0.3 is 24.2 Å². The van der Waals surface area contributed by atoms with E-state index in [0.29, 0.717) is 32.0 Å². The summed E-state index contributed by atoms with van der Waals surface area (Å²) in [7, 11) is 0. The molecule has 4 N–H and O–H groups in total. The first-order valence-corrected chi connectivity index (χ1v) is 30.7. The molecule has 0 saturated carbocycles. The Kier molecular flexibility index (Phi) is 56.6. The van der Waals surface area contributed by atoms with Crippen molar-refractivity contribution in [3.05, 3.63) is 0 Å². The summed E-state index contributed by atoms with van der Waals surface area (Å²) in [6, 6.07) is 0. The third-order valence-corrected chi connectivity index (χ3v) is 14.3. The molecule has 0 aromatic heterocycles. The van der Waals surface area contributed by atoms with Crippen LogP contribution in [0.1, 0.15) is 286 Å². The second-order valence-electron chi connectivity index (χ2n) is 20.8. The zero-order chi connectivity index (χ0) is 54.3. The van der Waals surface area contributed by atoms with E-state index in [9.17, 15) is 29.4 Å². The van der Waals surface area contributed by atoms with Gasteiger partial charge in [-0.15, -0.1) is 0 Å². The molecule has 0 saturated heterocycles. The lowest BCUT2D eigenvalue weighted by molar-refractivity contribution is -0.142. The Hall–Kier alpha value is -2.64. The van der Waals surface area contributed by atoms with Gasteiger partial charge in [0.1, 0.15) is 25.4 Å².